The molecule has 0 aliphatic heterocycles. The van der Waals surface area contributed by atoms with E-state index in [-0.39, 0.29) is 0 Å². The van der Waals surface area contributed by atoms with Gasteiger partial charge in [0.25, 0.3) is 0 Å². The number of pyridine rings is 2. The highest BCUT2D eigenvalue weighted by Gasteiger charge is 2.46. The Balaban J connectivity index is 1.11. The van der Waals surface area contributed by atoms with Gasteiger partial charge in [-0.3, -0.25) is 4.98 Å². The van der Waals surface area contributed by atoms with Gasteiger partial charge in [-0.15, -0.1) is 0 Å². The summed E-state index contributed by atoms with van der Waals surface area (Å²) in [5, 5.41) is 9.61. The molecule has 264 valence electrons. The van der Waals surface area contributed by atoms with Gasteiger partial charge in [-0.1, -0.05) is 182 Å². The topological polar surface area (TPSA) is 25.8 Å². The molecule has 1 aliphatic carbocycles. The summed E-state index contributed by atoms with van der Waals surface area (Å²) in [6, 6.07) is 73.4. The molecule has 0 saturated carbocycles. The first-order chi connectivity index (χ1) is 28.3. The first-order valence-electron chi connectivity index (χ1n) is 19.7. The van der Waals surface area contributed by atoms with Crippen molar-refractivity contribution in [3.05, 3.63) is 229 Å². The normalized spacial score (nSPS) is 13.1. The molecule has 9 aromatic carbocycles. The Morgan fingerprint density at radius 2 is 0.930 bits per heavy atom. The Morgan fingerprint density at radius 3 is 1.68 bits per heavy atom. The molecule has 0 saturated heterocycles. The Kier molecular flexibility index (Phi) is 6.88. The molecule has 11 aromatic rings. The summed E-state index contributed by atoms with van der Waals surface area (Å²) >= 11 is 0. The van der Waals surface area contributed by atoms with E-state index < -0.39 is 5.41 Å². The fourth-order valence-corrected chi connectivity index (χ4v) is 9.98. The average molecular weight is 723 g/mol. The molecule has 2 heterocycles. The largest absolute Gasteiger partial charge is 0.254 e. The van der Waals surface area contributed by atoms with Gasteiger partial charge in [0, 0.05) is 22.5 Å². The number of fused-ring (bicyclic) bond motifs is 11. The van der Waals surface area contributed by atoms with Crippen molar-refractivity contribution in [1.82, 2.24) is 9.97 Å². The van der Waals surface area contributed by atoms with Crippen molar-refractivity contribution in [2.45, 2.75) is 5.41 Å². The number of hydrogen-bond acceptors (Lipinski definition) is 2. The predicted molar refractivity (Wildman–Crippen MR) is 238 cm³/mol. The van der Waals surface area contributed by atoms with Crippen LogP contribution in [0.2, 0.25) is 0 Å². The van der Waals surface area contributed by atoms with Crippen LogP contribution in [0.3, 0.4) is 0 Å². The molecule has 12 rings (SSSR count). The van der Waals surface area contributed by atoms with Crippen LogP contribution in [0.15, 0.2) is 206 Å². The summed E-state index contributed by atoms with van der Waals surface area (Å²) < 4.78 is 0. The van der Waals surface area contributed by atoms with Crippen molar-refractivity contribution in [1.29, 1.82) is 0 Å². The van der Waals surface area contributed by atoms with E-state index in [0.29, 0.717) is 0 Å². The highest BCUT2D eigenvalue weighted by Crippen LogP contribution is 2.58. The molecule has 0 amide bonds. The molecule has 0 atom stereocenters. The number of hydrogen-bond donors (Lipinski definition) is 0. The fraction of sp³-hybridized carbons (Fsp3) is 0.0182. The minimum absolute atomic E-state index is 0.451. The maximum Gasteiger partial charge on any atom is 0.0972 e. The van der Waals surface area contributed by atoms with Crippen molar-refractivity contribution in [2.75, 3.05) is 0 Å². The third kappa shape index (κ3) is 4.53. The molecular formula is C55H34N2. The number of nitrogens with zero attached hydrogens (tertiary/aromatic N) is 2. The van der Waals surface area contributed by atoms with Gasteiger partial charge in [-0.25, -0.2) is 4.98 Å². The molecule has 57 heavy (non-hydrogen) atoms. The summed E-state index contributed by atoms with van der Waals surface area (Å²) in [5.41, 5.74) is 13.7. The van der Waals surface area contributed by atoms with Crippen molar-refractivity contribution in [3.63, 3.8) is 0 Å². The molecule has 0 N–H and O–H groups in total. The summed E-state index contributed by atoms with van der Waals surface area (Å²) in [5.74, 6) is 0. The van der Waals surface area contributed by atoms with Gasteiger partial charge in [-0.2, -0.15) is 0 Å². The van der Waals surface area contributed by atoms with E-state index in [2.05, 4.69) is 194 Å². The predicted octanol–water partition coefficient (Wildman–Crippen LogP) is 13.9. The van der Waals surface area contributed by atoms with Gasteiger partial charge in [0.05, 0.1) is 22.1 Å². The van der Waals surface area contributed by atoms with Crippen molar-refractivity contribution in [2.24, 2.45) is 0 Å². The van der Waals surface area contributed by atoms with E-state index in [1.165, 1.54) is 76.8 Å². The van der Waals surface area contributed by atoms with Gasteiger partial charge < -0.3 is 0 Å². The second kappa shape index (κ2) is 12.3. The molecule has 0 spiro atoms. The zero-order valence-corrected chi connectivity index (χ0v) is 31.0. The van der Waals surface area contributed by atoms with E-state index >= 15 is 0 Å². The van der Waals surface area contributed by atoms with Crippen LogP contribution in [0.25, 0.3) is 87.6 Å². The third-order valence-corrected chi connectivity index (χ3v) is 12.4. The highest BCUT2D eigenvalue weighted by molar-refractivity contribution is 6.22. The fourth-order valence-electron chi connectivity index (χ4n) is 9.98. The van der Waals surface area contributed by atoms with Crippen LogP contribution in [0.4, 0.5) is 0 Å². The quantitative estimate of drug-likeness (QED) is 0.169. The first-order valence-corrected chi connectivity index (χ1v) is 19.7. The highest BCUT2D eigenvalue weighted by atomic mass is 14.8. The lowest BCUT2D eigenvalue weighted by molar-refractivity contribution is 0.769. The first kappa shape index (κ1) is 31.9. The van der Waals surface area contributed by atoms with E-state index in [1.54, 1.807) is 0 Å². The molecule has 0 radical (unpaired) electrons. The number of benzene rings is 9. The summed E-state index contributed by atoms with van der Waals surface area (Å²) in [6.07, 6.45) is 1.85. The Bertz CT molecular complexity index is 3360. The lowest BCUT2D eigenvalue weighted by Crippen LogP contribution is -2.28. The molecule has 0 bridgehead atoms. The Hall–Kier alpha value is -7.42. The standard InChI is InChI=1S/C55H34N2/c1-3-15-38(16-4-1)55(39-17-5-2-6-18-39)48-24-12-11-23-46(48)52-49(55)31-27-37-34-47(42-21-9-10-22-45(42)51(37)52)43-29-30-44(41-20-8-7-19-40(41)43)50-32-28-36-26-25-35-14-13-33-56-53(35)54(36)57-50/h1-34H. The number of aromatic nitrogens is 2. The second-order valence-electron chi connectivity index (χ2n) is 15.2. The van der Waals surface area contributed by atoms with Gasteiger partial charge >= 0.3 is 0 Å². The summed E-state index contributed by atoms with van der Waals surface area (Å²) in [7, 11) is 0. The van der Waals surface area contributed by atoms with Crippen LogP contribution < -0.4 is 0 Å². The van der Waals surface area contributed by atoms with Gasteiger partial charge in [-0.05, 0) is 95.0 Å². The van der Waals surface area contributed by atoms with E-state index in [9.17, 15) is 0 Å². The minimum atomic E-state index is -0.451. The van der Waals surface area contributed by atoms with Crippen LogP contribution >= 0.6 is 0 Å². The van der Waals surface area contributed by atoms with Crippen molar-refractivity contribution < 1.29 is 0 Å². The molecule has 0 unspecified atom stereocenters. The number of rotatable bonds is 4. The third-order valence-electron chi connectivity index (χ3n) is 12.4. The van der Waals surface area contributed by atoms with E-state index in [1.807, 2.05) is 12.3 Å². The maximum absolute atomic E-state index is 5.26. The van der Waals surface area contributed by atoms with Gasteiger partial charge in [0.15, 0.2) is 0 Å². The second-order valence-corrected chi connectivity index (χ2v) is 15.2. The zero-order chi connectivity index (χ0) is 37.5. The monoisotopic (exact) mass is 722 g/mol. The molecule has 1 aliphatic rings. The summed E-state index contributed by atoms with van der Waals surface area (Å²) in [4.78, 5) is 9.99. The lowest BCUT2D eigenvalue weighted by Gasteiger charge is -2.34. The maximum atomic E-state index is 5.26. The van der Waals surface area contributed by atoms with Crippen LogP contribution in [0.5, 0.6) is 0 Å². The van der Waals surface area contributed by atoms with Gasteiger partial charge in [0.2, 0.25) is 0 Å². The molecule has 2 aromatic heterocycles. The Morgan fingerprint density at radius 1 is 0.351 bits per heavy atom. The lowest BCUT2D eigenvalue weighted by atomic mass is 9.67. The van der Waals surface area contributed by atoms with Crippen molar-refractivity contribution >= 4 is 54.1 Å². The minimum Gasteiger partial charge on any atom is -0.254 e. The average Bonchev–Trinajstić information content (AvgIpc) is 3.60. The van der Waals surface area contributed by atoms with E-state index in [0.717, 1.165) is 33.1 Å². The van der Waals surface area contributed by atoms with Crippen LogP contribution in [0.1, 0.15) is 22.3 Å². The van der Waals surface area contributed by atoms with Crippen LogP contribution in [-0.4, -0.2) is 9.97 Å². The van der Waals surface area contributed by atoms with Crippen LogP contribution in [-0.2, 0) is 5.41 Å². The SMILES string of the molecule is c1ccc(C2(c3ccccc3)c3ccccc3-c3c2ccc2cc(-c4ccc(-c5ccc6ccc7cccnc7c6n5)c5ccccc45)c4ccccc4c32)cc1. The van der Waals surface area contributed by atoms with Gasteiger partial charge in [0.1, 0.15) is 0 Å². The zero-order valence-electron chi connectivity index (χ0n) is 31.0. The Labute approximate surface area is 330 Å². The van der Waals surface area contributed by atoms with Crippen molar-refractivity contribution in [3.8, 4) is 33.5 Å². The molecule has 0 fully saturated rings. The van der Waals surface area contributed by atoms with E-state index in [4.69, 9.17) is 9.97 Å². The summed E-state index contributed by atoms with van der Waals surface area (Å²) in [6.45, 7) is 0. The molecule has 2 heteroatoms. The molecule has 2 nitrogen and oxygen atoms in total. The van der Waals surface area contributed by atoms with Crippen LogP contribution in [0, 0.1) is 0 Å². The smallest absolute Gasteiger partial charge is 0.0972 e. The molecular weight excluding hydrogens is 689 g/mol.